The number of ether oxygens (including phenoxy) is 1. The van der Waals surface area contributed by atoms with Crippen LogP contribution in [0.2, 0.25) is 0 Å². The largest absolute Gasteiger partial charge is 0.722 e. The van der Waals surface area contributed by atoms with Crippen LogP contribution in [-0.2, 0) is 15.2 Å². The van der Waals surface area contributed by atoms with Crippen LogP contribution < -0.4 is 5.32 Å². The molecule has 1 fully saturated rings. The van der Waals surface area contributed by atoms with Crippen molar-refractivity contribution < 1.29 is 26.9 Å². The maximum absolute atomic E-state index is 10.1. The van der Waals surface area contributed by atoms with Crippen LogP contribution in [0.25, 0.3) is 0 Å². The molecule has 68 valence electrons. The summed E-state index contributed by atoms with van der Waals surface area (Å²) in [5, 5.41) is 2.27. The molecule has 0 atom stereocenters. The molecule has 0 saturated carbocycles. The van der Waals surface area contributed by atoms with Gasteiger partial charge in [-0.15, -0.1) is 3.89 Å². The van der Waals surface area contributed by atoms with Crippen molar-refractivity contribution in [1.29, 1.82) is 0 Å². The van der Waals surface area contributed by atoms with Crippen molar-refractivity contribution in [3.8, 4) is 0 Å². The zero-order valence-corrected chi connectivity index (χ0v) is 6.64. The zero-order valence-electron chi connectivity index (χ0n) is 5.82. The van der Waals surface area contributed by atoms with E-state index in [1.165, 1.54) is 0 Å². The Labute approximate surface area is 64.6 Å². The Bertz CT molecular complexity index is 157. The van der Waals surface area contributed by atoms with Gasteiger partial charge in [-0.25, -0.2) is 8.42 Å². The number of halogens is 1. The maximum atomic E-state index is 10.1. The van der Waals surface area contributed by atoms with Gasteiger partial charge in [-0.2, -0.15) is 0 Å². The third-order valence-corrected chi connectivity index (χ3v) is 0.933. The van der Waals surface area contributed by atoms with E-state index in [1.807, 2.05) is 0 Å². The average Bonchev–Trinajstić information content (AvgIpc) is 1.88. The van der Waals surface area contributed by atoms with Crippen LogP contribution in [0.15, 0.2) is 0 Å². The lowest BCUT2D eigenvalue weighted by Crippen LogP contribution is -2.87. The Morgan fingerprint density at radius 3 is 1.82 bits per heavy atom. The van der Waals surface area contributed by atoms with Gasteiger partial charge >= 0.3 is 0 Å². The zero-order chi connectivity index (χ0) is 8.74. The van der Waals surface area contributed by atoms with Gasteiger partial charge in [0.25, 0.3) is 10.5 Å². The molecule has 0 amide bonds. The van der Waals surface area contributed by atoms with Crippen molar-refractivity contribution in [3.05, 3.63) is 0 Å². The van der Waals surface area contributed by atoms with E-state index in [4.69, 9.17) is 17.7 Å². The van der Waals surface area contributed by atoms with Gasteiger partial charge in [0, 0.05) is 0 Å². The summed E-state index contributed by atoms with van der Waals surface area (Å²) in [7, 11) is -5.42. The van der Waals surface area contributed by atoms with E-state index in [2.05, 4.69) is 5.32 Å². The molecule has 2 N–H and O–H groups in total. The van der Waals surface area contributed by atoms with Crippen LogP contribution in [0.3, 0.4) is 0 Å². The highest BCUT2D eigenvalue weighted by atomic mass is 32.3. The molecule has 0 radical (unpaired) electrons. The van der Waals surface area contributed by atoms with Gasteiger partial charge in [0.2, 0.25) is 0 Å². The normalized spacial score (nSPS) is 18.4. The maximum Gasteiger partial charge on any atom is 0.255 e. The first kappa shape index (κ1) is 10.8. The third-order valence-electron chi connectivity index (χ3n) is 0.933. The van der Waals surface area contributed by atoms with E-state index in [9.17, 15) is 3.89 Å². The van der Waals surface area contributed by atoms with E-state index < -0.39 is 10.5 Å². The Hall–Kier alpha value is -0.240. The Balaban J connectivity index is 0.000000187. The van der Waals surface area contributed by atoms with Crippen molar-refractivity contribution in [1.82, 2.24) is 0 Å². The van der Waals surface area contributed by atoms with Gasteiger partial charge < -0.3 is 14.6 Å². The molecule has 1 aliphatic heterocycles. The van der Waals surface area contributed by atoms with Crippen molar-refractivity contribution in [3.63, 3.8) is 0 Å². The Morgan fingerprint density at radius 1 is 1.36 bits per heavy atom. The predicted molar refractivity (Wildman–Crippen MR) is 33.3 cm³/mol. The van der Waals surface area contributed by atoms with Crippen LogP contribution in [0.1, 0.15) is 0 Å². The Morgan fingerprint density at radius 2 is 1.73 bits per heavy atom. The first-order chi connectivity index (χ1) is 5.00. The second-order valence-electron chi connectivity index (χ2n) is 1.87. The van der Waals surface area contributed by atoms with Crippen molar-refractivity contribution >= 4 is 10.5 Å². The highest BCUT2D eigenvalue weighted by Gasteiger charge is 1.96. The highest BCUT2D eigenvalue weighted by Crippen LogP contribution is 1.73. The molecule has 7 heteroatoms. The van der Waals surface area contributed by atoms with Gasteiger partial charge in [0.05, 0.1) is 26.3 Å². The van der Waals surface area contributed by atoms with E-state index in [1.54, 1.807) is 0 Å². The smallest absolute Gasteiger partial charge is 0.255 e. The summed E-state index contributed by atoms with van der Waals surface area (Å²) in [6.45, 7) is 4.19. The fourth-order valence-corrected chi connectivity index (χ4v) is 0.580. The topological polar surface area (TPSA) is 83.0 Å². The van der Waals surface area contributed by atoms with E-state index in [-0.39, 0.29) is 0 Å². The summed E-state index contributed by atoms with van der Waals surface area (Å²) in [6.07, 6.45) is 0. The summed E-state index contributed by atoms with van der Waals surface area (Å²) in [5.74, 6) is 0. The molecule has 5 nitrogen and oxygen atoms in total. The van der Waals surface area contributed by atoms with Gasteiger partial charge in [0.1, 0.15) is 0 Å². The summed E-state index contributed by atoms with van der Waals surface area (Å²) < 4.78 is 40.4. The molecule has 0 aliphatic carbocycles. The molecule has 1 saturated heterocycles. The fourth-order valence-electron chi connectivity index (χ4n) is 0.580. The molecule has 1 heterocycles. The molecule has 0 bridgehead atoms. The van der Waals surface area contributed by atoms with Gasteiger partial charge in [0.15, 0.2) is 0 Å². The minimum Gasteiger partial charge on any atom is -0.722 e. The van der Waals surface area contributed by atoms with E-state index in [0.29, 0.717) is 0 Å². The minimum atomic E-state index is -5.42. The van der Waals surface area contributed by atoms with Crippen LogP contribution in [0.4, 0.5) is 3.89 Å². The Kier molecular flexibility index (Phi) is 5.30. The van der Waals surface area contributed by atoms with Crippen molar-refractivity contribution in [2.75, 3.05) is 26.3 Å². The summed E-state index contributed by atoms with van der Waals surface area (Å²) >= 11 is 0. The van der Waals surface area contributed by atoms with E-state index >= 15 is 0 Å². The van der Waals surface area contributed by atoms with Gasteiger partial charge in [-0.05, 0) is 0 Å². The molecule has 11 heavy (non-hydrogen) atoms. The molecule has 0 aromatic rings. The minimum absolute atomic E-state index is 0.944. The number of quaternary nitrogens is 1. The second kappa shape index (κ2) is 5.42. The number of hydrogen-bond donors (Lipinski definition) is 1. The van der Waals surface area contributed by atoms with Crippen molar-refractivity contribution in [2.24, 2.45) is 0 Å². The standard InChI is InChI=1S/C4H9NO.FHO3S/c1-3-6-4-2-5-1;1-5(2,3)4/h5H,1-4H2;(H,2,3,4). The van der Waals surface area contributed by atoms with Gasteiger partial charge in [-0.1, -0.05) is 0 Å². The quantitative estimate of drug-likeness (QED) is 0.351. The number of hydrogen-bond acceptors (Lipinski definition) is 4. The second-order valence-corrected chi connectivity index (χ2v) is 2.66. The van der Waals surface area contributed by atoms with Crippen molar-refractivity contribution in [2.45, 2.75) is 0 Å². The first-order valence-corrected chi connectivity index (χ1v) is 4.36. The van der Waals surface area contributed by atoms with Crippen LogP contribution >= 0.6 is 0 Å². The number of morpholine rings is 1. The molecule has 0 aromatic heterocycles. The summed E-state index contributed by atoms with van der Waals surface area (Å²) in [5.41, 5.74) is 0. The number of rotatable bonds is 0. The monoisotopic (exact) mass is 187 g/mol. The lowest BCUT2D eigenvalue weighted by molar-refractivity contribution is -0.670. The van der Waals surface area contributed by atoms with Crippen LogP contribution in [-0.4, -0.2) is 39.3 Å². The fraction of sp³-hybridized carbons (Fsp3) is 1.00. The predicted octanol–water partition coefficient (Wildman–Crippen LogP) is -2.00. The first-order valence-electron chi connectivity index (χ1n) is 3.05. The SMILES string of the molecule is C1COCC[NH2+]1.O=S(=O)([O-])F. The average molecular weight is 187 g/mol. The molecule has 0 aromatic carbocycles. The summed E-state index contributed by atoms with van der Waals surface area (Å²) in [4.78, 5) is 0. The lowest BCUT2D eigenvalue weighted by atomic mass is 10.5. The van der Waals surface area contributed by atoms with E-state index in [0.717, 1.165) is 26.3 Å². The lowest BCUT2D eigenvalue weighted by Gasteiger charge is -2.07. The van der Waals surface area contributed by atoms with Crippen LogP contribution in [0.5, 0.6) is 0 Å². The number of nitrogens with two attached hydrogens (primary N) is 1. The van der Waals surface area contributed by atoms with Crippen LogP contribution in [0, 0.1) is 0 Å². The highest BCUT2D eigenvalue weighted by molar-refractivity contribution is 7.80. The molecular weight excluding hydrogens is 177 g/mol. The van der Waals surface area contributed by atoms with Gasteiger partial charge in [-0.3, -0.25) is 0 Å². The molecule has 1 aliphatic rings. The molecular formula is C4H10FNO4S. The molecule has 1 rings (SSSR count). The molecule has 0 unspecified atom stereocenters. The third kappa shape index (κ3) is 17.7. The summed E-state index contributed by atoms with van der Waals surface area (Å²) in [6, 6.07) is 0. The molecule has 0 spiro atoms.